The Kier molecular flexibility index (Phi) is 4.30. The molecule has 1 rings (SSSR count). The number of benzene rings is 1. The van der Waals surface area contributed by atoms with Crippen LogP contribution in [0.15, 0.2) is 4.90 Å². The van der Waals surface area contributed by atoms with Crippen molar-refractivity contribution < 1.29 is 30.3 Å². The van der Waals surface area contributed by atoms with Crippen LogP contribution in [-0.2, 0) is 12.6 Å². The van der Waals surface area contributed by atoms with Gasteiger partial charge in [-0.25, -0.2) is 0 Å². The van der Waals surface area contributed by atoms with Crippen LogP contribution in [-0.4, -0.2) is 5.11 Å². The molecule has 0 saturated carbocycles. The second kappa shape index (κ2) is 4.45. The summed E-state index contributed by atoms with van der Waals surface area (Å²) in [4.78, 5) is 1.10. The number of phenols is 1. The molecule has 9 heteroatoms. The number of hydrogen-bond acceptors (Lipinski definition) is 1. The first kappa shape index (κ1) is 18.4. The molecule has 19 heavy (non-hydrogen) atoms. The Hall–Kier alpha value is -0.620. The van der Waals surface area contributed by atoms with E-state index in [9.17, 15) is 30.3 Å². The van der Waals surface area contributed by atoms with Crippen LogP contribution in [0.25, 0.3) is 0 Å². The predicted octanol–water partition coefficient (Wildman–Crippen LogP) is 5.38. The Balaban J connectivity index is 0.000000399. The van der Waals surface area contributed by atoms with Crippen LogP contribution < -0.4 is 0 Å². The maximum atomic E-state index is 9.87. The molecule has 0 heterocycles. The summed E-state index contributed by atoms with van der Waals surface area (Å²) in [6.45, 7) is 7.87. The number of hydrogen-bond donors (Lipinski definition) is 1. The molecule has 1 aromatic carbocycles. The molecule has 0 unspecified atom stereocenters. The van der Waals surface area contributed by atoms with Gasteiger partial charge in [0.05, 0.1) is 0 Å². The summed E-state index contributed by atoms with van der Waals surface area (Å²) < 4.78 is 59.2. The van der Waals surface area contributed by atoms with Crippen molar-refractivity contribution in [3.8, 4) is 5.75 Å². The van der Waals surface area contributed by atoms with E-state index in [0.29, 0.717) is 5.75 Å². The molecule has 0 bridgehead atoms. The summed E-state index contributed by atoms with van der Waals surface area (Å²) in [6.07, 6.45) is 0. The average Bonchev–Trinajstić information content (AvgIpc) is 2.16. The molecule has 0 aliphatic rings. The van der Waals surface area contributed by atoms with Crippen molar-refractivity contribution in [2.45, 2.75) is 32.6 Å². The summed E-state index contributed by atoms with van der Waals surface area (Å²) in [5, 5.41) is 9.67. The zero-order valence-electron chi connectivity index (χ0n) is 10.7. The third-order valence-electron chi connectivity index (χ3n) is 2.59. The Labute approximate surface area is 112 Å². The van der Waals surface area contributed by atoms with E-state index in [4.69, 9.17) is 0 Å². The zero-order chi connectivity index (χ0) is 15.9. The quantitative estimate of drug-likeness (QED) is 0.385. The Morgan fingerprint density at radius 2 is 0.947 bits per heavy atom. The second-order valence-electron chi connectivity index (χ2n) is 4.18. The summed E-state index contributed by atoms with van der Waals surface area (Å²) in [5.41, 5.74) is 4.16. The Morgan fingerprint density at radius 1 is 0.737 bits per heavy atom. The van der Waals surface area contributed by atoms with Crippen LogP contribution in [0, 0.1) is 27.7 Å². The molecule has 0 amide bonds. The standard InChI is InChI=1S/C10H14OS.F6P/c1-5-7(3)10(12)8(4)6(2)9(5)11;1-7(2,3,4,5)6/h11-12H,1-4H3;/q;-1/p+1. The van der Waals surface area contributed by atoms with Crippen LogP contribution in [0.4, 0.5) is 25.2 Å². The summed E-state index contributed by atoms with van der Waals surface area (Å²) >= 11 is 3.56. The third-order valence-corrected chi connectivity index (χ3v) is 3.34. The monoisotopic (exact) mass is 328 g/mol. The first-order valence-corrected chi connectivity index (χ1v) is 7.52. The van der Waals surface area contributed by atoms with Gasteiger partial charge in [-0.15, -0.1) is 0 Å². The summed E-state index contributed by atoms with van der Waals surface area (Å²) in [6, 6.07) is 0. The van der Waals surface area contributed by atoms with E-state index in [1.807, 2.05) is 27.7 Å². The van der Waals surface area contributed by atoms with Crippen LogP contribution >= 0.6 is 7.81 Å². The molecule has 114 valence electrons. The molecule has 1 aromatic rings. The topological polar surface area (TPSA) is 20.2 Å². The molecule has 0 radical (unpaired) electrons. The van der Waals surface area contributed by atoms with Gasteiger partial charge in [0.15, 0.2) is 4.90 Å². The molecule has 0 aliphatic carbocycles. The first-order chi connectivity index (χ1) is 7.91. The summed E-state index contributed by atoms with van der Waals surface area (Å²) in [5.74, 6) is 0.423. The third kappa shape index (κ3) is 7.52. The zero-order valence-corrected chi connectivity index (χ0v) is 12.6. The number of aromatic hydroxyl groups is 1. The van der Waals surface area contributed by atoms with E-state index in [1.165, 1.54) is 0 Å². The van der Waals surface area contributed by atoms with Crippen molar-refractivity contribution in [1.29, 1.82) is 0 Å². The van der Waals surface area contributed by atoms with E-state index >= 15 is 0 Å². The molecular weight excluding hydrogens is 313 g/mol. The molecule has 0 saturated heterocycles. The van der Waals surface area contributed by atoms with Gasteiger partial charge in [-0.3, -0.25) is 0 Å². The minimum atomic E-state index is -10.7. The molecule has 0 aliphatic heterocycles. The average molecular weight is 328 g/mol. The van der Waals surface area contributed by atoms with Gasteiger partial charge in [-0.05, 0) is 51.5 Å². The van der Waals surface area contributed by atoms with E-state index in [-0.39, 0.29) is 0 Å². The summed E-state index contributed by atoms with van der Waals surface area (Å²) in [7, 11) is -10.7. The molecule has 0 spiro atoms. The van der Waals surface area contributed by atoms with Gasteiger partial charge >= 0.3 is 33.0 Å². The fourth-order valence-electron chi connectivity index (χ4n) is 1.29. The maximum absolute atomic E-state index is 10.7. The van der Waals surface area contributed by atoms with Gasteiger partial charge in [0.1, 0.15) is 5.75 Å². The van der Waals surface area contributed by atoms with Gasteiger partial charge in [0.25, 0.3) is 0 Å². The minimum absolute atomic E-state index is 0.423. The Morgan fingerprint density at radius 3 is 1.16 bits per heavy atom. The van der Waals surface area contributed by atoms with Crippen molar-refractivity contribution in [2.75, 3.05) is 0 Å². The second-order valence-corrected chi connectivity index (χ2v) is 6.60. The number of phenolic OH excluding ortho intramolecular Hbond substituents is 1. The van der Waals surface area contributed by atoms with Gasteiger partial charge in [0.2, 0.25) is 0 Å². The fourth-order valence-corrected chi connectivity index (χ4v) is 1.67. The molecule has 1 N–H and O–H groups in total. The molecule has 0 atom stereocenters. The Bertz CT molecular complexity index is 392. The van der Waals surface area contributed by atoms with Crippen LogP contribution in [0.2, 0.25) is 0 Å². The van der Waals surface area contributed by atoms with Crippen LogP contribution in [0.5, 0.6) is 5.75 Å². The van der Waals surface area contributed by atoms with Crippen LogP contribution in [0.1, 0.15) is 22.3 Å². The molecule has 0 aromatic heterocycles. The van der Waals surface area contributed by atoms with Gasteiger partial charge in [-0.2, -0.15) is 0 Å². The van der Waals surface area contributed by atoms with E-state index in [2.05, 4.69) is 12.6 Å². The van der Waals surface area contributed by atoms with E-state index < -0.39 is 7.81 Å². The van der Waals surface area contributed by atoms with Crippen molar-refractivity contribution >= 4 is 20.4 Å². The van der Waals surface area contributed by atoms with Crippen molar-refractivity contribution in [2.24, 2.45) is 0 Å². The molecule has 0 fully saturated rings. The number of halogens is 6. The van der Waals surface area contributed by atoms with Gasteiger partial charge in [0, 0.05) is 11.1 Å². The van der Waals surface area contributed by atoms with Gasteiger partial charge < -0.3 is 5.11 Å². The number of rotatable bonds is 0. The van der Waals surface area contributed by atoms with E-state index in [1.54, 1.807) is 0 Å². The van der Waals surface area contributed by atoms with Crippen molar-refractivity contribution in [3.05, 3.63) is 22.3 Å². The normalized spacial score (nSPS) is 15.1. The predicted molar refractivity (Wildman–Crippen MR) is 69.0 cm³/mol. The fraction of sp³-hybridized carbons (Fsp3) is 0.400. The van der Waals surface area contributed by atoms with E-state index in [0.717, 1.165) is 27.1 Å². The molecule has 1 nitrogen and oxygen atoms in total. The molecular formula is C10H15F6OPS. The SMILES string of the molecule is Cc1c(C)c([SH2+])c(C)c(C)c1O.F[P-](F)(F)(F)(F)F. The van der Waals surface area contributed by atoms with Gasteiger partial charge in [-0.1, -0.05) is 0 Å². The van der Waals surface area contributed by atoms with Crippen molar-refractivity contribution in [1.82, 2.24) is 0 Å². The van der Waals surface area contributed by atoms with Crippen LogP contribution in [0.3, 0.4) is 0 Å². The van der Waals surface area contributed by atoms with Crippen molar-refractivity contribution in [3.63, 3.8) is 0 Å². The first-order valence-electron chi connectivity index (χ1n) is 4.99.